The average Bonchev–Trinajstić information content (AvgIpc) is 2.70. The van der Waals surface area contributed by atoms with Crippen molar-refractivity contribution in [3.05, 3.63) is 0 Å². The molecule has 2 saturated heterocycles. The first kappa shape index (κ1) is 19.4. The van der Waals surface area contributed by atoms with Crippen LogP contribution >= 0.6 is 0 Å². The fourth-order valence-electron chi connectivity index (χ4n) is 6.95. The van der Waals surface area contributed by atoms with Gasteiger partial charge < -0.3 is 8.85 Å². The molecule has 0 spiro atoms. The smallest absolute Gasteiger partial charge is 0.374 e. The predicted octanol–water partition coefficient (Wildman–Crippen LogP) is 4.41. The van der Waals surface area contributed by atoms with Gasteiger partial charge in [-0.15, -0.1) is 0 Å². The standard InChI is InChI=1S/C21H40N2O2Si/c1-17-14-15-19-10-5-7-13-21(19)23(17)26(24-2,25-3)22-16-8-11-18-9-4-6-12-20(18)22/h17-21H,4-16H2,1-3H3. The van der Waals surface area contributed by atoms with Gasteiger partial charge in [0.25, 0.3) is 0 Å². The minimum Gasteiger partial charge on any atom is -0.374 e. The van der Waals surface area contributed by atoms with Crippen LogP contribution in [0.4, 0.5) is 0 Å². The highest BCUT2D eigenvalue weighted by Crippen LogP contribution is 2.44. The molecule has 0 aromatic heterocycles. The van der Waals surface area contributed by atoms with E-state index in [1.807, 2.05) is 14.2 Å². The van der Waals surface area contributed by atoms with E-state index in [0.29, 0.717) is 18.1 Å². The molecule has 26 heavy (non-hydrogen) atoms. The Morgan fingerprint density at radius 1 is 0.692 bits per heavy atom. The number of fused-ring (bicyclic) bond motifs is 2. The van der Waals surface area contributed by atoms with Crippen LogP contribution in [0.1, 0.15) is 84.0 Å². The van der Waals surface area contributed by atoms with Crippen LogP contribution in [-0.4, -0.2) is 56.9 Å². The molecule has 0 aromatic carbocycles. The van der Waals surface area contributed by atoms with Gasteiger partial charge in [-0.3, -0.25) is 9.13 Å². The fourth-order valence-corrected chi connectivity index (χ4v) is 11.0. The molecule has 0 amide bonds. The maximum atomic E-state index is 6.50. The normalized spacial score (nSPS) is 40.0. The highest BCUT2D eigenvalue weighted by atomic mass is 28.4. The summed E-state index contributed by atoms with van der Waals surface area (Å²) in [4.78, 5) is 0. The molecule has 0 N–H and O–H groups in total. The minimum absolute atomic E-state index is 0.588. The Hall–Kier alpha value is 0.0569. The summed E-state index contributed by atoms with van der Waals surface area (Å²) in [5.74, 6) is 1.74. The van der Waals surface area contributed by atoms with Crippen molar-refractivity contribution in [1.29, 1.82) is 0 Å². The van der Waals surface area contributed by atoms with E-state index in [-0.39, 0.29) is 0 Å². The van der Waals surface area contributed by atoms with Gasteiger partial charge in [-0.2, -0.15) is 0 Å². The Morgan fingerprint density at radius 3 is 1.96 bits per heavy atom. The van der Waals surface area contributed by atoms with Crippen molar-refractivity contribution in [2.45, 2.75) is 102 Å². The molecule has 4 fully saturated rings. The van der Waals surface area contributed by atoms with Crippen molar-refractivity contribution in [2.24, 2.45) is 11.8 Å². The zero-order valence-electron chi connectivity index (χ0n) is 17.3. The predicted molar refractivity (Wildman–Crippen MR) is 108 cm³/mol. The first-order valence-corrected chi connectivity index (χ1v) is 13.1. The van der Waals surface area contributed by atoms with Crippen molar-refractivity contribution in [3.63, 3.8) is 0 Å². The van der Waals surface area contributed by atoms with E-state index < -0.39 is 8.88 Å². The van der Waals surface area contributed by atoms with Crippen LogP contribution in [-0.2, 0) is 8.85 Å². The van der Waals surface area contributed by atoms with Gasteiger partial charge in [0.2, 0.25) is 0 Å². The van der Waals surface area contributed by atoms with Crippen molar-refractivity contribution in [1.82, 2.24) is 9.13 Å². The third kappa shape index (κ3) is 3.22. The van der Waals surface area contributed by atoms with E-state index in [1.165, 1.54) is 83.6 Å². The summed E-state index contributed by atoms with van der Waals surface area (Å²) >= 11 is 0. The maximum absolute atomic E-state index is 6.50. The molecule has 0 radical (unpaired) electrons. The third-order valence-corrected chi connectivity index (χ3v) is 11.9. The minimum atomic E-state index is -2.55. The van der Waals surface area contributed by atoms with Crippen LogP contribution in [0.3, 0.4) is 0 Å². The maximum Gasteiger partial charge on any atom is 0.522 e. The van der Waals surface area contributed by atoms with Gasteiger partial charge in [0.1, 0.15) is 0 Å². The Bertz CT molecular complexity index is 471. The molecule has 150 valence electrons. The van der Waals surface area contributed by atoms with Crippen molar-refractivity contribution in [3.8, 4) is 0 Å². The monoisotopic (exact) mass is 380 g/mol. The largest absolute Gasteiger partial charge is 0.522 e. The lowest BCUT2D eigenvalue weighted by atomic mass is 9.78. The zero-order valence-corrected chi connectivity index (χ0v) is 18.3. The Morgan fingerprint density at radius 2 is 1.27 bits per heavy atom. The van der Waals surface area contributed by atoms with Gasteiger partial charge in [0.15, 0.2) is 0 Å². The first-order chi connectivity index (χ1) is 12.7. The van der Waals surface area contributed by atoms with Crippen molar-refractivity contribution >= 4 is 8.88 Å². The van der Waals surface area contributed by atoms with Gasteiger partial charge in [0, 0.05) is 32.3 Å². The molecule has 5 atom stereocenters. The molecule has 4 aliphatic rings. The second-order valence-corrected chi connectivity index (χ2v) is 12.4. The summed E-state index contributed by atoms with van der Waals surface area (Å²) in [6.07, 6.45) is 16.6. The second kappa shape index (κ2) is 8.20. The molecule has 0 aromatic rings. The summed E-state index contributed by atoms with van der Waals surface area (Å²) in [6.45, 7) is 3.61. The number of hydrogen-bond donors (Lipinski definition) is 0. The Labute approximate surface area is 162 Å². The number of piperidine rings is 2. The second-order valence-electron chi connectivity index (χ2n) is 9.35. The van der Waals surface area contributed by atoms with Gasteiger partial charge in [-0.1, -0.05) is 25.7 Å². The quantitative estimate of drug-likeness (QED) is 0.674. The molecule has 4 nitrogen and oxygen atoms in total. The SMILES string of the molecule is CO[Si](OC)(N1CCCC2CCCCC21)N1C(C)CCC2CCCCC21. The molecule has 5 unspecified atom stereocenters. The first-order valence-electron chi connectivity index (χ1n) is 11.4. The van der Waals surface area contributed by atoms with Gasteiger partial charge in [-0.25, -0.2) is 0 Å². The molecule has 4 rings (SSSR count). The van der Waals surface area contributed by atoms with Crippen LogP contribution in [0.2, 0.25) is 0 Å². The third-order valence-electron chi connectivity index (χ3n) is 8.12. The lowest BCUT2D eigenvalue weighted by molar-refractivity contribution is -0.0255. The van der Waals surface area contributed by atoms with Crippen molar-refractivity contribution in [2.75, 3.05) is 20.8 Å². The van der Waals surface area contributed by atoms with E-state index in [0.717, 1.165) is 11.8 Å². The zero-order chi connectivity index (χ0) is 18.1. The Kier molecular flexibility index (Phi) is 6.11. The Balaban J connectivity index is 1.67. The molecular weight excluding hydrogens is 340 g/mol. The number of rotatable bonds is 4. The van der Waals surface area contributed by atoms with Gasteiger partial charge >= 0.3 is 8.88 Å². The molecule has 5 heteroatoms. The molecule has 2 heterocycles. The number of hydrogen-bond acceptors (Lipinski definition) is 4. The summed E-state index contributed by atoms with van der Waals surface area (Å²) in [6, 6.07) is 1.97. The highest BCUT2D eigenvalue weighted by Gasteiger charge is 2.60. The van der Waals surface area contributed by atoms with Crippen LogP contribution in [0.15, 0.2) is 0 Å². The number of nitrogens with zero attached hydrogens (tertiary/aromatic N) is 2. The summed E-state index contributed by atoms with van der Waals surface area (Å²) in [5, 5.41) is 0. The lowest BCUT2D eigenvalue weighted by Gasteiger charge is -2.58. The summed E-state index contributed by atoms with van der Waals surface area (Å²) in [7, 11) is 1.34. The van der Waals surface area contributed by atoms with Crippen LogP contribution < -0.4 is 0 Å². The van der Waals surface area contributed by atoms with Crippen LogP contribution in [0.25, 0.3) is 0 Å². The average molecular weight is 381 g/mol. The van der Waals surface area contributed by atoms with E-state index >= 15 is 0 Å². The molecule has 0 bridgehead atoms. The lowest BCUT2D eigenvalue weighted by Crippen LogP contribution is -2.77. The highest BCUT2D eigenvalue weighted by molar-refractivity contribution is 6.61. The summed E-state index contributed by atoms with van der Waals surface area (Å²) in [5.41, 5.74) is 0. The van der Waals surface area contributed by atoms with Crippen LogP contribution in [0, 0.1) is 11.8 Å². The fraction of sp³-hybridized carbons (Fsp3) is 1.00. The molecule has 2 aliphatic heterocycles. The molecule has 2 aliphatic carbocycles. The molecule has 2 saturated carbocycles. The van der Waals surface area contributed by atoms with E-state index in [2.05, 4.69) is 16.1 Å². The van der Waals surface area contributed by atoms with E-state index in [1.54, 1.807) is 0 Å². The van der Waals surface area contributed by atoms with Crippen molar-refractivity contribution < 1.29 is 8.85 Å². The summed E-state index contributed by atoms with van der Waals surface area (Å²) < 4.78 is 18.6. The van der Waals surface area contributed by atoms with Gasteiger partial charge in [0.05, 0.1) is 0 Å². The van der Waals surface area contributed by atoms with E-state index in [4.69, 9.17) is 8.85 Å². The van der Waals surface area contributed by atoms with Crippen LogP contribution in [0.5, 0.6) is 0 Å². The van der Waals surface area contributed by atoms with E-state index in [9.17, 15) is 0 Å². The van der Waals surface area contributed by atoms with Gasteiger partial charge in [-0.05, 0) is 76.7 Å². The topological polar surface area (TPSA) is 24.9 Å². The molecular formula is C21H40N2O2Si.